The van der Waals surface area contributed by atoms with Crippen LogP contribution in [0.2, 0.25) is 0 Å². The predicted octanol–water partition coefficient (Wildman–Crippen LogP) is 1.83. The summed E-state index contributed by atoms with van der Waals surface area (Å²) in [7, 11) is 0. The van der Waals surface area contributed by atoms with Gasteiger partial charge in [0, 0.05) is 37.0 Å². The van der Waals surface area contributed by atoms with Crippen LogP contribution in [0.4, 0.5) is 5.69 Å². The minimum atomic E-state index is -0.470. The van der Waals surface area contributed by atoms with Gasteiger partial charge in [0.25, 0.3) is 0 Å². The molecule has 0 fully saturated rings. The van der Waals surface area contributed by atoms with Gasteiger partial charge in [-0.25, -0.2) is 0 Å². The molecule has 0 spiro atoms. The van der Waals surface area contributed by atoms with Crippen molar-refractivity contribution >= 4 is 28.4 Å². The maximum atomic E-state index is 12.2. The number of carbonyl (C=O) groups excluding carboxylic acids is 2. The van der Waals surface area contributed by atoms with Gasteiger partial charge in [-0.15, -0.1) is 0 Å². The number of anilines is 1. The van der Waals surface area contributed by atoms with Gasteiger partial charge in [-0.05, 0) is 42.1 Å². The Morgan fingerprint density at radius 3 is 2.72 bits per heavy atom. The number of hydrogen-bond acceptors (Lipinski definition) is 4. The maximum Gasteiger partial charge on any atom is 0.242 e. The molecule has 3 rings (SSSR count). The summed E-state index contributed by atoms with van der Waals surface area (Å²) in [5.74, 6) is -0.457. The van der Waals surface area contributed by atoms with Gasteiger partial charge in [0.2, 0.25) is 11.8 Å². The molecule has 29 heavy (non-hydrogen) atoms. The predicted molar refractivity (Wildman–Crippen MR) is 115 cm³/mol. The third kappa shape index (κ3) is 5.58. The molecular formula is C22H27N5O2. The Labute approximate surface area is 170 Å². The Kier molecular flexibility index (Phi) is 6.86. The van der Waals surface area contributed by atoms with E-state index in [1.54, 1.807) is 6.92 Å². The Morgan fingerprint density at radius 1 is 1.07 bits per heavy atom. The van der Waals surface area contributed by atoms with E-state index in [4.69, 9.17) is 5.73 Å². The van der Waals surface area contributed by atoms with Crippen molar-refractivity contribution in [3.05, 3.63) is 66.4 Å². The molecule has 0 aliphatic carbocycles. The minimum absolute atomic E-state index is 0.0554. The van der Waals surface area contributed by atoms with E-state index < -0.39 is 6.04 Å². The summed E-state index contributed by atoms with van der Waals surface area (Å²) in [6.45, 7) is 3.30. The Hall–Kier alpha value is -3.32. The van der Waals surface area contributed by atoms with Gasteiger partial charge in [-0.3, -0.25) is 9.59 Å². The summed E-state index contributed by atoms with van der Waals surface area (Å²) in [5, 5.41) is 9.78. The number of amides is 2. The number of para-hydroxylation sites is 1. The lowest BCUT2D eigenvalue weighted by Gasteiger charge is -2.16. The standard InChI is InChI=1S/C22H27N5O2/c1-16(26-19-7-4-5-17(13-19)14-23)22(29)25-15-21(28)24-10-12-27-11-9-18-6-2-3-8-20(18)27/h2-9,11,13,16,26H,10,12,14-15,23H2,1H3,(H,24,28)(H,25,29). The molecule has 1 atom stereocenters. The van der Waals surface area contributed by atoms with Crippen LogP contribution in [-0.2, 0) is 22.7 Å². The van der Waals surface area contributed by atoms with Crippen molar-refractivity contribution in [1.29, 1.82) is 0 Å². The number of rotatable bonds is 9. The van der Waals surface area contributed by atoms with Gasteiger partial charge in [0.15, 0.2) is 0 Å². The lowest BCUT2D eigenvalue weighted by molar-refractivity contribution is -0.126. The molecule has 0 aliphatic rings. The number of carbonyl (C=O) groups is 2. The molecule has 0 bridgehead atoms. The van der Waals surface area contributed by atoms with E-state index in [0.29, 0.717) is 19.6 Å². The van der Waals surface area contributed by atoms with Crippen molar-refractivity contribution < 1.29 is 9.59 Å². The van der Waals surface area contributed by atoms with Gasteiger partial charge >= 0.3 is 0 Å². The molecule has 0 aliphatic heterocycles. The van der Waals surface area contributed by atoms with Crippen molar-refractivity contribution in [2.24, 2.45) is 5.73 Å². The number of fused-ring (bicyclic) bond motifs is 1. The van der Waals surface area contributed by atoms with Crippen LogP contribution < -0.4 is 21.7 Å². The van der Waals surface area contributed by atoms with Gasteiger partial charge in [-0.2, -0.15) is 0 Å². The first kappa shape index (κ1) is 20.4. The molecule has 152 valence electrons. The van der Waals surface area contributed by atoms with Crippen molar-refractivity contribution in [2.75, 3.05) is 18.4 Å². The highest BCUT2D eigenvalue weighted by atomic mass is 16.2. The molecule has 1 heterocycles. The lowest BCUT2D eigenvalue weighted by Crippen LogP contribution is -2.43. The minimum Gasteiger partial charge on any atom is -0.374 e. The van der Waals surface area contributed by atoms with Crippen LogP contribution in [0.5, 0.6) is 0 Å². The second kappa shape index (κ2) is 9.75. The number of hydrogen-bond donors (Lipinski definition) is 4. The Morgan fingerprint density at radius 2 is 1.90 bits per heavy atom. The van der Waals surface area contributed by atoms with Gasteiger partial charge in [0.1, 0.15) is 6.04 Å². The fraction of sp³-hybridized carbons (Fsp3) is 0.273. The molecular weight excluding hydrogens is 366 g/mol. The summed E-state index contributed by atoms with van der Waals surface area (Å²) in [5.41, 5.74) is 8.57. The molecule has 1 aromatic heterocycles. The van der Waals surface area contributed by atoms with E-state index in [1.807, 2.05) is 42.6 Å². The van der Waals surface area contributed by atoms with E-state index in [9.17, 15) is 9.59 Å². The van der Waals surface area contributed by atoms with Crippen LogP contribution in [-0.4, -0.2) is 35.5 Å². The second-order valence-corrected chi connectivity index (χ2v) is 6.91. The molecule has 5 N–H and O–H groups in total. The normalized spacial score (nSPS) is 11.8. The van der Waals surface area contributed by atoms with E-state index in [0.717, 1.165) is 16.8 Å². The maximum absolute atomic E-state index is 12.2. The molecule has 0 radical (unpaired) electrons. The Bertz CT molecular complexity index is 982. The molecule has 2 amide bonds. The highest BCUT2D eigenvalue weighted by Gasteiger charge is 2.13. The van der Waals surface area contributed by atoms with Crippen molar-refractivity contribution in [1.82, 2.24) is 15.2 Å². The fourth-order valence-corrected chi connectivity index (χ4v) is 3.14. The highest BCUT2D eigenvalue weighted by Crippen LogP contribution is 2.14. The molecule has 1 unspecified atom stereocenters. The first-order valence-electron chi connectivity index (χ1n) is 9.70. The van der Waals surface area contributed by atoms with E-state index in [1.165, 1.54) is 5.39 Å². The first-order valence-corrected chi connectivity index (χ1v) is 9.70. The summed E-state index contributed by atoms with van der Waals surface area (Å²) in [4.78, 5) is 24.3. The molecule has 3 aromatic rings. The largest absolute Gasteiger partial charge is 0.374 e. The van der Waals surface area contributed by atoms with Crippen LogP contribution >= 0.6 is 0 Å². The van der Waals surface area contributed by atoms with Crippen LogP contribution in [0.15, 0.2) is 60.8 Å². The quantitative estimate of drug-likeness (QED) is 0.445. The SMILES string of the molecule is CC(Nc1cccc(CN)c1)C(=O)NCC(=O)NCCn1ccc2ccccc21. The van der Waals surface area contributed by atoms with E-state index in [-0.39, 0.29) is 18.4 Å². The zero-order valence-corrected chi connectivity index (χ0v) is 16.5. The molecule has 7 heteroatoms. The number of aromatic nitrogens is 1. The van der Waals surface area contributed by atoms with E-state index in [2.05, 4.69) is 38.7 Å². The zero-order valence-electron chi connectivity index (χ0n) is 16.5. The third-order valence-electron chi connectivity index (χ3n) is 4.72. The number of nitrogens with zero attached hydrogens (tertiary/aromatic N) is 1. The molecule has 2 aromatic carbocycles. The highest BCUT2D eigenvalue weighted by molar-refractivity contribution is 5.88. The summed E-state index contributed by atoms with van der Waals surface area (Å²) in [6.07, 6.45) is 2.01. The van der Waals surface area contributed by atoms with Crippen LogP contribution in [0.3, 0.4) is 0 Å². The smallest absolute Gasteiger partial charge is 0.242 e. The Balaban J connectivity index is 1.39. The fourth-order valence-electron chi connectivity index (χ4n) is 3.14. The molecule has 0 saturated heterocycles. The monoisotopic (exact) mass is 393 g/mol. The number of nitrogens with two attached hydrogens (primary N) is 1. The van der Waals surface area contributed by atoms with Crippen molar-refractivity contribution in [3.8, 4) is 0 Å². The summed E-state index contributed by atoms with van der Waals surface area (Å²) >= 11 is 0. The van der Waals surface area contributed by atoms with Crippen molar-refractivity contribution in [2.45, 2.75) is 26.1 Å². The van der Waals surface area contributed by atoms with Gasteiger partial charge < -0.3 is 26.3 Å². The number of benzene rings is 2. The topological polar surface area (TPSA) is 101 Å². The summed E-state index contributed by atoms with van der Waals surface area (Å²) < 4.78 is 2.09. The van der Waals surface area contributed by atoms with Crippen LogP contribution in [0.1, 0.15) is 12.5 Å². The second-order valence-electron chi connectivity index (χ2n) is 6.91. The lowest BCUT2D eigenvalue weighted by atomic mass is 10.2. The molecule has 7 nitrogen and oxygen atoms in total. The molecule has 0 saturated carbocycles. The van der Waals surface area contributed by atoms with Gasteiger partial charge in [0.05, 0.1) is 6.54 Å². The van der Waals surface area contributed by atoms with E-state index >= 15 is 0 Å². The van der Waals surface area contributed by atoms with Crippen LogP contribution in [0, 0.1) is 0 Å². The first-order chi connectivity index (χ1) is 14.1. The third-order valence-corrected chi connectivity index (χ3v) is 4.72. The van der Waals surface area contributed by atoms with Crippen LogP contribution in [0.25, 0.3) is 10.9 Å². The van der Waals surface area contributed by atoms with Crippen molar-refractivity contribution in [3.63, 3.8) is 0 Å². The van der Waals surface area contributed by atoms with Gasteiger partial charge in [-0.1, -0.05) is 30.3 Å². The zero-order chi connectivity index (χ0) is 20.6. The number of nitrogens with one attached hydrogen (secondary N) is 3. The average Bonchev–Trinajstić information content (AvgIpc) is 3.15. The average molecular weight is 393 g/mol. The summed E-state index contributed by atoms with van der Waals surface area (Å²) in [6, 6.07) is 17.3.